The Kier molecular flexibility index (Phi) is 5.49. The lowest BCUT2D eigenvalue weighted by atomic mass is 10.0. The van der Waals surface area contributed by atoms with Crippen molar-refractivity contribution in [1.82, 2.24) is 15.5 Å². The maximum absolute atomic E-state index is 11.7. The molecule has 1 rings (SSSR count). The molecule has 0 aromatic carbocycles. The van der Waals surface area contributed by atoms with Gasteiger partial charge in [-0.3, -0.25) is 4.79 Å². The van der Waals surface area contributed by atoms with Gasteiger partial charge in [0.25, 0.3) is 0 Å². The summed E-state index contributed by atoms with van der Waals surface area (Å²) in [6.07, 6.45) is 2.18. The highest BCUT2D eigenvalue weighted by atomic mass is 16.1. The van der Waals surface area contributed by atoms with Crippen LogP contribution in [-0.2, 0) is 4.79 Å². The van der Waals surface area contributed by atoms with E-state index in [4.69, 9.17) is 0 Å². The monoisotopic (exact) mass is 225 g/mol. The molecule has 4 heteroatoms. The smallest absolute Gasteiger partial charge is 0.246 e. The Morgan fingerprint density at radius 1 is 1.38 bits per heavy atom. The van der Waals surface area contributed by atoms with Crippen molar-refractivity contribution in [3.05, 3.63) is 11.1 Å². The first kappa shape index (κ1) is 13.2. The van der Waals surface area contributed by atoms with Gasteiger partial charge in [0.2, 0.25) is 5.91 Å². The lowest BCUT2D eigenvalue weighted by Gasteiger charge is -2.21. The van der Waals surface area contributed by atoms with Crippen LogP contribution in [0.5, 0.6) is 0 Å². The molecule has 2 N–H and O–H groups in total. The molecule has 0 spiro atoms. The van der Waals surface area contributed by atoms with Crippen LogP contribution in [0.1, 0.15) is 19.8 Å². The van der Waals surface area contributed by atoms with Crippen LogP contribution in [0.4, 0.5) is 0 Å². The van der Waals surface area contributed by atoms with Gasteiger partial charge in [0.15, 0.2) is 0 Å². The van der Waals surface area contributed by atoms with E-state index < -0.39 is 0 Å². The van der Waals surface area contributed by atoms with Crippen molar-refractivity contribution in [1.29, 1.82) is 0 Å². The van der Waals surface area contributed by atoms with E-state index in [-0.39, 0.29) is 5.91 Å². The van der Waals surface area contributed by atoms with Gasteiger partial charge in [0, 0.05) is 25.2 Å². The summed E-state index contributed by atoms with van der Waals surface area (Å²) in [6, 6.07) is 0. The summed E-state index contributed by atoms with van der Waals surface area (Å²) in [7, 11) is 4.13. The summed E-state index contributed by atoms with van der Waals surface area (Å²) < 4.78 is 0. The summed E-state index contributed by atoms with van der Waals surface area (Å²) in [4.78, 5) is 13.8. The second-order valence-corrected chi connectivity index (χ2v) is 4.60. The molecular weight excluding hydrogens is 202 g/mol. The Morgan fingerprint density at radius 2 is 2.06 bits per heavy atom. The summed E-state index contributed by atoms with van der Waals surface area (Å²) in [6.45, 7) is 5.52. The van der Waals surface area contributed by atoms with Gasteiger partial charge < -0.3 is 15.5 Å². The third-order valence-electron chi connectivity index (χ3n) is 2.87. The fourth-order valence-corrected chi connectivity index (χ4v) is 1.56. The first-order valence-corrected chi connectivity index (χ1v) is 5.93. The third-order valence-corrected chi connectivity index (χ3v) is 2.87. The van der Waals surface area contributed by atoms with Gasteiger partial charge in [0.05, 0.1) is 0 Å². The summed E-state index contributed by atoms with van der Waals surface area (Å²) in [5.74, 6) is 0.0985. The lowest BCUT2D eigenvalue weighted by Crippen LogP contribution is -2.37. The van der Waals surface area contributed by atoms with Crippen molar-refractivity contribution in [2.24, 2.45) is 0 Å². The molecule has 0 atom stereocenters. The zero-order valence-corrected chi connectivity index (χ0v) is 10.6. The lowest BCUT2D eigenvalue weighted by molar-refractivity contribution is -0.117. The van der Waals surface area contributed by atoms with Gasteiger partial charge in [-0.05, 0) is 46.0 Å². The highest BCUT2D eigenvalue weighted by Crippen LogP contribution is 2.08. The van der Waals surface area contributed by atoms with Crippen molar-refractivity contribution in [3.63, 3.8) is 0 Å². The SMILES string of the molecule is CC(C(=O)NCCCCN(C)C)=C1CNC1. The van der Waals surface area contributed by atoms with Crippen LogP contribution in [0.15, 0.2) is 11.1 Å². The minimum Gasteiger partial charge on any atom is -0.352 e. The van der Waals surface area contributed by atoms with E-state index in [1.807, 2.05) is 6.92 Å². The quantitative estimate of drug-likeness (QED) is 0.507. The molecule has 1 heterocycles. The van der Waals surface area contributed by atoms with Crippen LogP contribution >= 0.6 is 0 Å². The van der Waals surface area contributed by atoms with Gasteiger partial charge in [0.1, 0.15) is 0 Å². The van der Waals surface area contributed by atoms with Gasteiger partial charge in [-0.2, -0.15) is 0 Å². The molecule has 92 valence electrons. The molecule has 1 aliphatic rings. The normalized spacial score (nSPS) is 14.9. The summed E-state index contributed by atoms with van der Waals surface area (Å²) in [5, 5.41) is 6.10. The van der Waals surface area contributed by atoms with Gasteiger partial charge in [-0.25, -0.2) is 0 Å². The number of carbonyl (C=O) groups excluding carboxylic acids is 1. The van der Waals surface area contributed by atoms with Crippen LogP contribution in [0, 0.1) is 0 Å². The zero-order chi connectivity index (χ0) is 12.0. The van der Waals surface area contributed by atoms with E-state index in [1.54, 1.807) is 0 Å². The molecule has 0 aromatic heterocycles. The van der Waals surface area contributed by atoms with Crippen LogP contribution < -0.4 is 10.6 Å². The standard InChI is InChI=1S/C12H23N3O/c1-10(11-8-13-9-11)12(16)14-6-4-5-7-15(2)3/h13H,4-9H2,1-3H3,(H,14,16). The average molecular weight is 225 g/mol. The number of nitrogens with zero attached hydrogens (tertiary/aromatic N) is 1. The first-order chi connectivity index (χ1) is 7.61. The Morgan fingerprint density at radius 3 is 2.56 bits per heavy atom. The van der Waals surface area contributed by atoms with E-state index in [2.05, 4.69) is 29.6 Å². The molecule has 0 radical (unpaired) electrons. The zero-order valence-electron chi connectivity index (χ0n) is 10.6. The molecule has 1 saturated heterocycles. The third kappa shape index (κ3) is 4.33. The number of carbonyl (C=O) groups is 1. The fourth-order valence-electron chi connectivity index (χ4n) is 1.56. The van der Waals surface area contributed by atoms with Gasteiger partial charge >= 0.3 is 0 Å². The molecule has 4 nitrogen and oxygen atoms in total. The minimum atomic E-state index is 0.0985. The Hall–Kier alpha value is -0.870. The van der Waals surface area contributed by atoms with Gasteiger partial charge in [-0.1, -0.05) is 0 Å². The Balaban J connectivity index is 2.11. The Bertz CT molecular complexity index is 265. The predicted octanol–water partition coefficient (Wildman–Crippen LogP) is 0.364. The maximum Gasteiger partial charge on any atom is 0.246 e. The van der Waals surface area contributed by atoms with Crippen LogP contribution in [0.3, 0.4) is 0 Å². The number of hydrogen-bond acceptors (Lipinski definition) is 3. The van der Waals surface area contributed by atoms with E-state index in [0.717, 1.165) is 44.6 Å². The predicted molar refractivity (Wildman–Crippen MR) is 66.4 cm³/mol. The minimum absolute atomic E-state index is 0.0985. The van der Waals surface area contributed by atoms with Crippen molar-refractivity contribution in [3.8, 4) is 0 Å². The van der Waals surface area contributed by atoms with Crippen molar-refractivity contribution >= 4 is 5.91 Å². The van der Waals surface area contributed by atoms with Crippen LogP contribution in [-0.4, -0.2) is 51.1 Å². The van der Waals surface area contributed by atoms with Gasteiger partial charge in [-0.15, -0.1) is 0 Å². The molecule has 1 amide bonds. The molecule has 0 saturated carbocycles. The van der Waals surface area contributed by atoms with Crippen molar-refractivity contribution in [2.45, 2.75) is 19.8 Å². The molecular formula is C12H23N3O. The fraction of sp³-hybridized carbons (Fsp3) is 0.750. The molecule has 0 aliphatic carbocycles. The second-order valence-electron chi connectivity index (χ2n) is 4.60. The number of rotatable bonds is 6. The summed E-state index contributed by atoms with van der Waals surface area (Å²) in [5.41, 5.74) is 2.14. The molecule has 1 aliphatic heterocycles. The van der Waals surface area contributed by atoms with Crippen molar-refractivity contribution < 1.29 is 4.79 Å². The first-order valence-electron chi connectivity index (χ1n) is 5.93. The number of unbranched alkanes of at least 4 members (excludes halogenated alkanes) is 1. The van der Waals surface area contributed by atoms with E-state index in [0.29, 0.717) is 0 Å². The maximum atomic E-state index is 11.7. The van der Waals surface area contributed by atoms with Crippen LogP contribution in [0.25, 0.3) is 0 Å². The average Bonchev–Trinajstić information content (AvgIpc) is 2.13. The topological polar surface area (TPSA) is 44.4 Å². The van der Waals surface area contributed by atoms with Crippen molar-refractivity contribution in [2.75, 3.05) is 40.3 Å². The highest BCUT2D eigenvalue weighted by molar-refractivity contribution is 5.93. The number of nitrogens with one attached hydrogen (secondary N) is 2. The number of hydrogen-bond donors (Lipinski definition) is 2. The molecule has 1 fully saturated rings. The van der Waals surface area contributed by atoms with E-state index >= 15 is 0 Å². The second kappa shape index (κ2) is 6.66. The Labute approximate surface area is 98.1 Å². The highest BCUT2D eigenvalue weighted by Gasteiger charge is 2.15. The number of amides is 1. The molecule has 0 aromatic rings. The largest absolute Gasteiger partial charge is 0.352 e. The molecule has 16 heavy (non-hydrogen) atoms. The molecule has 0 bridgehead atoms. The van der Waals surface area contributed by atoms with E-state index in [1.165, 1.54) is 5.57 Å². The van der Waals surface area contributed by atoms with E-state index in [9.17, 15) is 4.79 Å². The summed E-state index contributed by atoms with van der Waals surface area (Å²) >= 11 is 0. The van der Waals surface area contributed by atoms with Crippen LogP contribution in [0.2, 0.25) is 0 Å². The molecule has 0 unspecified atom stereocenters.